The number of rotatable bonds is 12. The van der Waals surface area contributed by atoms with E-state index in [1.807, 2.05) is 0 Å². The summed E-state index contributed by atoms with van der Waals surface area (Å²) in [6, 6.07) is 6.88. The molecule has 0 aliphatic rings. The zero-order valence-electron chi connectivity index (χ0n) is 23.5. The number of carboxylic acids is 1. The van der Waals surface area contributed by atoms with E-state index < -0.39 is 54.2 Å². The zero-order valence-corrected chi connectivity index (χ0v) is 23.5. The molecule has 14 heteroatoms. The molecule has 226 valence electrons. The molecule has 3 N–H and O–H groups in total. The van der Waals surface area contributed by atoms with Crippen LogP contribution in [0.5, 0.6) is 23.0 Å². The van der Waals surface area contributed by atoms with Gasteiger partial charge in [0.15, 0.2) is 23.0 Å². The van der Waals surface area contributed by atoms with Gasteiger partial charge in [-0.3, -0.25) is 28.8 Å². The summed E-state index contributed by atoms with van der Waals surface area (Å²) < 4.78 is 20.0. The van der Waals surface area contributed by atoms with Crippen LogP contribution in [-0.4, -0.2) is 59.4 Å². The number of carbonyl (C=O) groups is 7. The van der Waals surface area contributed by atoms with E-state index in [9.17, 15) is 38.7 Å². The molecule has 0 aromatic heterocycles. The average molecular weight is 597 g/mol. The number of carboxylic acid groups (broad SMARTS) is 1. The van der Waals surface area contributed by atoms with Crippen molar-refractivity contribution in [3.63, 3.8) is 0 Å². The molecule has 14 nitrogen and oxygen atoms in total. The predicted molar refractivity (Wildman–Crippen MR) is 149 cm³/mol. The van der Waals surface area contributed by atoms with Gasteiger partial charge in [0.25, 0.3) is 0 Å². The lowest BCUT2D eigenvalue weighted by Crippen LogP contribution is -2.47. The molecule has 0 aliphatic heterocycles. The SMILES string of the molecule is CC(=O)Oc1ccc(C=CC(=O)NCC(NC(=O)C=Cc2ccc(OC(C)=O)c(OC(C)=O)c2)C(=O)O)cc1OC(C)=O. The van der Waals surface area contributed by atoms with E-state index in [1.54, 1.807) is 0 Å². The van der Waals surface area contributed by atoms with Crippen molar-refractivity contribution >= 4 is 53.8 Å². The Hall–Kier alpha value is -5.79. The smallest absolute Gasteiger partial charge is 0.328 e. The van der Waals surface area contributed by atoms with Crippen molar-refractivity contribution in [2.45, 2.75) is 33.7 Å². The first-order chi connectivity index (χ1) is 20.2. The number of aliphatic carboxylic acids is 1. The number of hydrogen-bond donors (Lipinski definition) is 3. The van der Waals surface area contributed by atoms with Crippen LogP contribution in [0, 0.1) is 0 Å². The highest BCUT2D eigenvalue weighted by Crippen LogP contribution is 2.30. The van der Waals surface area contributed by atoms with E-state index in [4.69, 9.17) is 18.9 Å². The Morgan fingerprint density at radius 2 is 1.05 bits per heavy atom. The van der Waals surface area contributed by atoms with Crippen LogP contribution in [0.25, 0.3) is 12.2 Å². The molecular weight excluding hydrogens is 568 g/mol. The minimum atomic E-state index is -1.49. The van der Waals surface area contributed by atoms with E-state index >= 15 is 0 Å². The van der Waals surface area contributed by atoms with Crippen molar-refractivity contribution in [3.05, 3.63) is 59.7 Å². The second kappa shape index (κ2) is 15.9. The summed E-state index contributed by atoms with van der Waals surface area (Å²) in [7, 11) is 0. The molecule has 43 heavy (non-hydrogen) atoms. The van der Waals surface area contributed by atoms with Crippen LogP contribution in [0.4, 0.5) is 0 Å². The normalized spacial score (nSPS) is 11.3. The first-order valence-corrected chi connectivity index (χ1v) is 12.4. The maximum atomic E-state index is 12.4. The Morgan fingerprint density at radius 3 is 1.44 bits per heavy atom. The van der Waals surface area contributed by atoms with Crippen LogP contribution in [0.3, 0.4) is 0 Å². The first kappa shape index (κ1) is 33.4. The van der Waals surface area contributed by atoms with Crippen LogP contribution in [0.2, 0.25) is 0 Å². The van der Waals surface area contributed by atoms with Gasteiger partial charge in [0.1, 0.15) is 6.04 Å². The van der Waals surface area contributed by atoms with Gasteiger partial charge >= 0.3 is 29.8 Å². The maximum Gasteiger partial charge on any atom is 0.328 e. The lowest BCUT2D eigenvalue weighted by Gasteiger charge is -2.13. The number of carbonyl (C=O) groups excluding carboxylic acids is 6. The fourth-order valence-electron chi connectivity index (χ4n) is 3.23. The molecule has 0 aliphatic carbocycles. The summed E-state index contributed by atoms with van der Waals surface area (Å²) in [4.78, 5) is 81.5. The molecule has 1 atom stereocenters. The first-order valence-electron chi connectivity index (χ1n) is 12.4. The molecule has 0 spiro atoms. The van der Waals surface area contributed by atoms with E-state index in [1.165, 1.54) is 62.4 Å². The third-order valence-electron chi connectivity index (χ3n) is 4.90. The lowest BCUT2D eigenvalue weighted by atomic mass is 10.1. The van der Waals surface area contributed by atoms with Crippen LogP contribution in [0.1, 0.15) is 38.8 Å². The van der Waals surface area contributed by atoms with E-state index in [0.717, 1.165) is 26.0 Å². The van der Waals surface area contributed by atoms with E-state index in [2.05, 4.69) is 10.6 Å². The Kier molecular flexibility index (Phi) is 12.3. The molecule has 0 bridgehead atoms. The van der Waals surface area contributed by atoms with E-state index in [0.29, 0.717) is 11.1 Å². The van der Waals surface area contributed by atoms with Gasteiger partial charge in [-0.05, 0) is 47.5 Å². The molecule has 2 amide bonds. The van der Waals surface area contributed by atoms with Gasteiger partial charge in [0.2, 0.25) is 11.8 Å². The molecule has 0 fully saturated rings. The summed E-state index contributed by atoms with van der Waals surface area (Å²) in [5, 5.41) is 14.1. The third kappa shape index (κ3) is 12.1. The van der Waals surface area contributed by atoms with Crippen molar-refractivity contribution in [1.82, 2.24) is 10.6 Å². The Labute approximate surface area is 245 Å². The molecule has 2 rings (SSSR count). The van der Waals surface area contributed by atoms with Gasteiger partial charge in [-0.2, -0.15) is 0 Å². The Bertz CT molecular complexity index is 1490. The summed E-state index contributed by atoms with van der Waals surface area (Å²) in [5.41, 5.74) is 0.763. The minimum absolute atomic E-state index is 0.00207. The number of ether oxygens (including phenoxy) is 4. The van der Waals surface area contributed by atoms with Gasteiger partial charge in [0.05, 0.1) is 0 Å². The Morgan fingerprint density at radius 1 is 0.651 bits per heavy atom. The number of amides is 2. The predicted octanol–water partition coefficient (Wildman–Crippen LogP) is 1.80. The summed E-state index contributed by atoms with van der Waals surface area (Å²) in [6.45, 7) is 4.19. The zero-order chi connectivity index (χ0) is 32.1. The third-order valence-corrected chi connectivity index (χ3v) is 4.90. The van der Waals surface area contributed by atoms with Crippen molar-refractivity contribution < 1.29 is 57.6 Å². The van der Waals surface area contributed by atoms with Crippen LogP contribution in [0.15, 0.2) is 48.6 Å². The van der Waals surface area contributed by atoms with Gasteiger partial charge < -0.3 is 34.7 Å². The molecule has 0 saturated carbocycles. The van der Waals surface area contributed by atoms with Crippen LogP contribution >= 0.6 is 0 Å². The number of nitrogens with one attached hydrogen (secondary N) is 2. The van der Waals surface area contributed by atoms with Gasteiger partial charge in [0, 0.05) is 46.4 Å². The summed E-state index contributed by atoms with van der Waals surface area (Å²) in [5.74, 6) is -5.63. The van der Waals surface area contributed by atoms with Crippen LogP contribution in [-0.2, 0) is 33.6 Å². The summed E-state index contributed by atoms with van der Waals surface area (Å²) in [6.07, 6.45) is 4.75. The Balaban J connectivity index is 2.03. The molecule has 0 radical (unpaired) electrons. The van der Waals surface area contributed by atoms with Gasteiger partial charge in [-0.15, -0.1) is 0 Å². The molecule has 1 unspecified atom stereocenters. The molecule has 0 heterocycles. The topological polar surface area (TPSA) is 201 Å². The molecule has 0 saturated heterocycles. The summed E-state index contributed by atoms with van der Waals surface area (Å²) >= 11 is 0. The van der Waals surface area contributed by atoms with Crippen molar-refractivity contribution in [2.75, 3.05) is 6.54 Å². The highest BCUT2D eigenvalue weighted by atomic mass is 16.6. The van der Waals surface area contributed by atoms with Gasteiger partial charge in [-0.1, -0.05) is 12.1 Å². The maximum absolute atomic E-state index is 12.4. The number of benzene rings is 2. The highest BCUT2D eigenvalue weighted by molar-refractivity contribution is 5.95. The highest BCUT2D eigenvalue weighted by Gasteiger charge is 2.19. The second-order valence-electron chi connectivity index (χ2n) is 8.60. The van der Waals surface area contributed by atoms with Gasteiger partial charge in [-0.25, -0.2) is 4.79 Å². The van der Waals surface area contributed by atoms with Crippen molar-refractivity contribution in [3.8, 4) is 23.0 Å². The fourth-order valence-corrected chi connectivity index (χ4v) is 3.23. The number of esters is 4. The monoisotopic (exact) mass is 596 g/mol. The standard InChI is InChI=1S/C29H28N2O12/c1-16(32)40-23-9-5-20(13-25(23)42-18(3)34)7-11-27(36)30-15-22(29(38)39)31-28(37)12-8-21-6-10-24(41-17(2)33)26(14-21)43-19(4)35/h5-14,22H,15H2,1-4H3,(H,30,36)(H,31,37)(H,38,39). The van der Waals surface area contributed by atoms with Crippen molar-refractivity contribution in [1.29, 1.82) is 0 Å². The molecular formula is C29H28N2O12. The average Bonchev–Trinajstić information content (AvgIpc) is 2.89. The van der Waals surface area contributed by atoms with E-state index in [-0.39, 0.29) is 23.0 Å². The van der Waals surface area contributed by atoms with Crippen LogP contribution < -0.4 is 29.6 Å². The second-order valence-corrected chi connectivity index (χ2v) is 8.60. The molecule has 2 aromatic carbocycles. The number of hydrogen-bond acceptors (Lipinski definition) is 11. The lowest BCUT2D eigenvalue weighted by molar-refractivity contribution is -0.141. The van der Waals surface area contributed by atoms with Crippen molar-refractivity contribution in [2.24, 2.45) is 0 Å². The minimum Gasteiger partial charge on any atom is -0.480 e. The fraction of sp³-hybridized carbons (Fsp3) is 0.207. The largest absolute Gasteiger partial charge is 0.480 e. The quantitative estimate of drug-likeness (QED) is 0.183. The molecule has 2 aromatic rings.